The molecule has 5 aromatic rings. The Labute approximate surface area is 223 Å². The molecular formula is C28H21F2N5O5. The van der Waals surface area contributed by atoms with Crippen LogP contribution in [0.5, 0.6) is 17.2 Å². The van der Waals surface area contributed by atoms with Gasteiger partial charge in [-0.05, 0) is 47.9 Å². The number of rotatable bonds is 1. The molecule has 0 radical (unpaired) electrons. The maximum atomic E-state index is 13.6. The van der Waals surface area contributed by atoms with Crippen LogP contribution in [0.4, 0.5) is 8.78 Å². The summed E-state index contributed by atoms with van der Waals surface area (Å²) in [5.74, 6) is 0.316. The van der Waals surface area contributed by atoms with Crippen LogP contribution in [0.25, 0.3) is 44.3 Å². The van der Waals surface area contributed by atoms with Gasteiger partial charge in [-0.15, -0.1) is 8.78 Å². The molecule has 3 aliphatic heterocycles. The van der Waals surface area contributed by atoms with Gasteiger partial charge in [-0.2, -0.15) is 0 Å². The highest BCUT2D eigenvalue weighted by atomic mass is 19.3. The minimum atomic E-state index is -3.73. The van der Waals surface area contributed by atoms with Gasteiger partial charge in [0.2, 0.25) is 0 Å². The molecule has 0 amide bonds. The maximum Gasteiger partial charge on any atom is 0.586 e. The van der Waals surface area contributed by atoms with Gasteiger partial charge in [-0.3, -0.25) is 24.3 Å². The quantitative estimate of drug-likeness (QED) is 0.330. The van der Waals surface area contributed by atoms with Crippen molar-refractivity contribution >= 4 is 21.9 Å². The number of benzene rings is 3. The van der Waals surface area contributed by atoms with Crippen LogP contribution in [0.15, 0.2) is 58.1 Å². The van der Waals surface area contributed by atoms with Crippen molar-refractivity contribution in [3.8, 4) is 39.6 Å². The van der Waals surface area contributed by atoms with Crippen molar-refractivity contribution in [3.63, 3.8) is 0 Å². The third-order valence-electron chi connectivity index (χ3n) is 7.70. The number of fused-ring (bicyclic) bond motifs is 6. The van der Waals surface area contributed by atoms with Crippen LogP contribution in [0, 0.1) is 0 Å². The summed E-state index contributed by atoms with van der Waals surface area (Å²) in [5.41, 5.74) is 2.66. The number of aromatic nitrogens is 4. The molecule has 1 unspecified atom stereocenters. The van der Waals surface area contributed by atoms with Gasteiger partial charge in [0.1, 0.15) is 23.1 Å². The van der Waals surface area contributed by atoms with Crippen LogP contribution in [0.3, 0.4) is 0 Å². The monoisotopic (exact) mass is 545 g/mol. The number of hydrogen-bond acceptors (Lipinski definition) is 7. The molecule has 3 aromatic carbocycles. The van der Waals surface area contributed by atoms with Gasteiger partial charge >= 0.3 is 6.29 Å². The fraction of sp³-hybridized carbons (Fsp3) is 0.250. The molecule has 5 heterocycles. The molecule has 202 valence electrons. The zero-order valence-corrected chi connectivity index (χ0v) is 20.9. The molecule has 0 aliphatic carbocycles. The fourth-order valence-electron chi connectivity index (χ4n) is 5.78. The lowest BCUT2D eigenvalue weighted by molar-refractivity contribution is -0.286. The number of aromatic amines is 2. The summed E-state index contributed by atoms with van der Waals surface area (Å²) < 4.78 is 44.5. The summed E-state index contributed by atoms with van der Waals surface area (Å²) in [7, 11) is 0. The van der Waals surface area contributed by atoms with Crippen molar-refractivity contribution < 1.29 is 23.0 Å². The molecule has 3 aliphatic rings. The SMILES string of the molecule is O=c1[nH]c2cc(-c3ccc4c(c3)OC(F)(F)O4)cc3c2nc1-c1cccc2c(=O)n([nH]c12)CCN1CC[C@@H](C1)O3. The molecule has 1 fully saturated rings. The second kappa shape index (κ2) is 8.15. The number of halogens is 2. The molecule has 0 saturated carbocycles. The van der Waals surface area contributed by atoms with E-state index in [4.69, 9.17) is 9.72 Å². The van der Waals surface area contributed by atoms with E-state index in [-0.39, 0.29) is 28.9 Å². The number of alkyl halides is 2. The van der Waals surface area contributed by atoms with Crippen molar-refractivity contribution in [3.05, 3.63) is 69.2 Å². The van der Waals surface area contributed by atoms with Crippen LogP contribution in [0.2, 0.25) is 0 Å². The van der Waals surface area contributed by atoms with Crippen molar-refractivity contribution in [1.82, 2.24) is 24.6 Å². The fourth-order valence-corrected chi connectivity index (χ4v) is 5.78. The summed E-state index contributed by atoms with van der Waals surface area (Å²) in [5, 5.41) is 3.67. The molecule has 1 saturated heterocycles. The predicted octanol–water partition coefficient (Wildman–Crippen LogP) is 3.69. The first kappa shape index (κ1) is 23.2. The van der Waals surface area contributed by atoms with E-state index in [2.05, 4.69) is 24.5 Å². The highest BCUT2D eigenvalue weighted by molar-refractivity contribution is 5.94. The van der Waals surface area contributed by atoms with Crippen molar-refractivity contribution in [2.75, 3.05) is 19.6 Å². The Bertz CT molecular complexity index is 1980. The maximum absolute atomic E-state index is 13.6. The van der Waals surface area contributed by atoms with Crippen molar-refractivity contribution in [2.24, 2.45) is 0 Å². The standard InChI is InChI=1S/C28H21F2N5O5/c29-28(30)39-20-5-4-14(11-21(20)40-28)15-10-19-25-22(12-15)38-16-6-7-34(13-16)8-9-35-27(37)18-3-1-2-17(23(18)33-35)24(32-25)26(36)31-19/h1-5,10-12,16,33H,6-9,13H2,(H,31,36)/t16-/m0/s1. The van der Waals surface area contributed by atoms with Crippen LogP contribution in [-0.2, 0) is 6.54 Å². The van der Waals surface area contributed by atoms with Crippen molar-refractivity contribution in [1.29, 1.82) is 0 Å². The second-order valence-electron chi connectivity index (χ2n) is 10.2. The van der Waals surface area contributed by atoms with Gasteiger partial charge in [0.05, 0.1) is 23.0 Å². The van der Waals surface area contributed by atoms with E-state index in [0.717, 1.165) is 13.0 Å². The minimum Gasteiger partial charge on any atom is -0.487 e. The molecule has 10 nitrogen and oxygen atoms in total. The predicted molar refractivity (Wildman–Crippen MR) is 141 cm³/mol. The van der Waals surface area contributed by atoms with E-state index >= 15 is 0 Å². The van der Waals surface area contributed by atoms with E-state index in [0.29, 0.717) is 64.0 Å². The van der Waals surface area contributed by atoms with Gasteiger partial charge in [-0.1, -0.05) is 18.2 Å². The van der Waals surface area contributed by atoms with E-state index in [1.165, 1.54) is 12.1 Å². The normalized spacial score (nSPS) is 20.8. The van der Waals surface area contributed by atoms with Gasteiger partial charge < -0.3 is 19.2 Å². The molecule has 0 spiro atoms. The number of nitrogens with zero attached hydrogens (tertiary/aromatic N) is 3. The number of para-hydroxylation sites is 1. The first-order valence-corrected chi connectivity index (χ1v) is 12.9. The molecule has 6 bridgehead atoms. The second-order valence-corrected chi connectivity index (χ2v) is 10.2. The molecule has 2 N–H and O–H groups in total. The van der Waals surface area contributed by atoms with Crippen LogP contribution in [-0.4, -0.2) is 56.7 Å². The van der Waals surface area contributed by atoms with Crippen LogP contribution >= 0.6 is 0 Å². The summed E-state index contributed by atoms with van der Waals surface area (Å²) in [6, 6.07) is 13.3. The number of nitrogens with one attached hydrogen (secondary N) is 2. The Hall–Kier alpha value is -4.71. The first-order valence-electron chi connectivity index (χ1n) is 12.9. The highest BCUT2D eigenvalue weighted by Gasteiger charge is 2.43. The third-order valence-corrected chi connectivity index (χ3v) is 7.70. The van der Waals surface area contributed by atoms with Gasteiger partial charge in [-0.25, -0.2) is 4.98 Å². The Balaban J connectivity index is 1.35. The smallest absolute Gasteiger partial charge is 0.487 e. The van der Waals surface area contributed by atoms with E-state index in [1.807, 2.05) is 0 Å². The van der Waals surface area contributed by atoms with Gasteiger partial charge in [0.15, 0.2) is 11.5 Å². The molecule has 40 heavy (non-hydrogen) atoms. The van der Waals surface area contributed by atoms with Crippen LogP contribution < -0.4 is 25.3 Å². The topological polar surface area (TPSA) is 114 Å². The van der Waals surface area contributed by atoms with Gasteiger partial charge in [0, 0.05) is 25.2 Å². The molecule has 2 atom stereocenters. The summed E-state index contributed by atoms with van der Waals surface area (Å²) >= 11 is 0. The van der Waals surface area contributed by atoms with E-state index < -0.39 is 11.9 Å². The van der Waals surface area contributed by atoms with Crippen molar-refractivity contribution in [2.45, 2.75) is 25.4 Å². The summed E-state index contributed by atoms with van der Waals surface area (Å²) in [6.45, 7) is 2.57. The average Bonchev–Trinajstić information content (AvgIpc) is 3.60. The van der Waals surface area contributed by atoms with E-state index in [1.54, 1.807) is 41.1 Å². The third kappa shape index (κ3) is 3.59. The Morgan fingerprint density at radius 3 is 2.70 bits per heavy atom. The number of hydrogen-bond donors (Lipinski definition) is 2. The molecule has 8 rings (SSSR count). The molecular weight excluding hydrogens is 524 g/mol. The molecule has 12 heteroatoms. The Morgan fingerprint density at radius 2 is 1.80 bits per heavy atom. The lowest BCUT2D eigenvalue weighted by Gasteiger charge is -2.19. The highest BCUT2D eigenvalue weighted by Crippen LogP contribution is 2.44. The minimum absolute atomic E-state index is 0.0562. The van der Waals surface area contributed by atoms with Gasteiger partial charge in [0.25, 0.3) is 11.1 Å². The zero-order valence-electron chi connectivity index (χ0n) is 20.9. The number of ether oxygens (including phenoxy) is 3. The Kier molecular flexibility index (Phi) is 4.73. The van der Waals surface area contributed by atoms with Crippen LogP contribution in [0.1, 0.15) is 6.42 Å². The first-order chi connectivity index (χ1) is 19.3. The summed E-state index contributed by atoms with van der Waals surface area (Å²) in [4.78, 5) is 36.4. The largest absolute Gasteiger partial charge is 0.586 e. The number of H-pyrrole nitrogens is 2. The average molecular weight is 546 g/mol. The van der Waals surface area contributed by atoms with E-state index in [9.17, 15) is 18.4 Å². The molecule has 2 aromatic heterocycles. The Morgan fingerprint density at radius 1 is 0.950 bits per heavy atom. The lowest BCUT2D eigenvalue weighted by atomic mass is 10.0. The summed E-state index contributed by atoms with van der Waals surface area (Å²) in [6.07, 6.45) is -3.10. The zero-order chi connectivity index (χ0) is 27.2. The lowest BCUT2D eigenvalue weighted by Crippen LogP contribution is -2.30.